The first-order valence-corrected chi connectivity index (χ1v) is 16.5. The lowest BCUT2D eigenvalue weighted by Gasteiger charge is -2.32. The van der Waals surface area contributed by atoms with Crippen LogP contribution in [0.25, 0.3) is 22.4 Å². The topological polar surface area (TPSA) is 109 Å². The maximum absolute atomic E-state index is 13.5. The fourth-order valence-corrected chi connectivity index (χ4v) is 8.34. The number of rotatable bonds is 6. The monoisotopic (exact) mass is 616 g/mol. The SMILES string of the molecule is CC1(O)c2cc(B3OC(C)(C)C(C)(C)O3)ccc2-c2ccc(-c3cnc(C4C5CCC(C5)[C@H]4C(=O)NCc4cccnc4)[nH]3)cc21. The van der Waals surface area contributed by atoms with Crippen LogP contribution in [-0.4, -0.2) is 44.3 Å². The van der Waals surface area contributed by atoms with E-state index in [9.17, 15) is 9.90 Å². The number of hydrogen-bond donors (Lipinski definition) is 3. The van der Waals surface area contributed by atoms with E-state index >= 15 is 0 Å². The molecule has 5 atom stereocenters. The van der Waals surface area contributed by atoms with Crippen LogP contribution >= 0.6 is 0 Å². The zero-order valence-corrected chi connectivity index (χ0v) is 27.1. The van der Waals surface area contributed by atoms with Gasteiger partial charge in [-0.2, -0.15) is 0 Å². The van der Waals surface area contributed by atoms with Crippen molar-refractivity contribution >= 4 is 18.5 Å². The molecular formula is C37H41BN4O4. The van der Waals surface area contributed by atoms with Gasteiger partial charge >= 0.3 is 7.12 Å². The molecule has 2 saturated carbocycles. The van der Waals surface area contributed by atoms with Crippen LogP contribution in [0.4, 0.5) is 0 Å². The highest BCUT2D eigenvalue weighted by Crippen LogP contribution is 2.56. The Kier molecular flexibility index (Phi) is 6.67. The predicted molar refractivity (Wildman–Crippen MR) is 177 cm³/mol. The number of carbonyl (C=O) groups excluding carboxylic acids is 1. The number of benzene rings is 2. The number of hydrogen-bond acceptors (Lipinski definition) is 6. The average Bonchev–Trinajstić information content (AvgIpc) is 3.85. The molecule has 2 aromatic heterocycles. The fourth-order valence-electron chi connectivity index (χ4n) is 8.34. The third-order valence-corrected chi connectivity index (χ3v) is 11.6. The van der Waals surface area contributed by atoms with Gasteiger partial charge in [0.05, 0.1) is 29.0 Å². The van der Waals surface area contributed by atoms with Gasteiger partial charge in [0.15, 0.2) is 0 Å². The summed E-state index contributed by atoms with van der Waals surface area (Å²) < 4.78 is 12.6. The summed E-state index contributed by atoms with van der Waals surface area (Å²) in [6.45, 7) is 10.5. The molecule has 8 rings (SSSR count). The number of carbonyl (C=O) groups is 1. The molecule has 4 aromatic rings. The van der Waals surface area contributed by atoms with Crippen LogP contribution in [0, 0.1) is 17.8 Å². The Morgan fingerprint density at radius 3 is 2.43 bits per heavy atom. The lowest BCUT2D eigenvalue weighted by molar-refractivity contribution is -0.127. The number of nitrogens with zero attached hydrogens (tertiary/aromatic N) is 2. The van der Waals surface area contributed by atoms with E-state index in [1.54, 1.807) is 12.4 Å². The summed E-state index contributed by atoms with van der Waals surface area (Å²) in [5, 5.41) is 15.1. The van der Waals surface area contributed by atoms with Crippen LogP contribution in [0.2, 0.25) is 0 Å². The minimum Gasteiger partial charge on any atom is -0.399 e. The minimum atomic E-state index is -1.19. The summed E-state index contributed by atoms with van der Waals surface area (Å²) in [7, 11) is -0.499. The predicted octanol–water partition coefficient (Wildman–Crippen LogP) is 5.45. The van der Waals surface area contributed by atoms with Gasteiger partial charge in [-0.1, -0.05) is 36.4 Å². The zero-order valence-electron chi connectivity index (χ0n) is 27.1. The molecule has 4 aliphatic rings. The summed E-state index contributed by atoms with van der Waals surface area (Å²) in [6, 6.07) is 16.3. The summed E-state index contributed by atoms with van der Waals surface area (Å²) in [4.78, 5) is 26.2. The summed E-state index contributed by atoms with van der Waals surface area (Å²) in [5.41, 5.74) is 5.39. The molecule has 0 radical (unpaired) electrons. The van der Waals surface area contributed by atoms with Crippen molar-refractivity contribution in [3.8, 4) is 22.4 Å². The van der Waals surface area contributed by atoms with Crippen molar-refractivity contribution in [3.63, 3.8) is 0 Å². The van der Waals surface area contributed by atoms with Crippen LogP contribution in [0.1, 0.15) is 82.3 Å². The third kappa shape index (κ3) is 4.58. The minimum absolute atomic E-state index is 0.0663. The molecule has 8 nitrogen and oxygen atoms in total. The van der Waals surface area contributed by atoms with E-state index in [0.29, 0.717) is 18.4 Å². The third-order valence-electron chi connectivity index (χ3n) is 11.6. The van der Waals surface area contributed by atoms with E-state index in [0.717, 1.165) is 69.6 Å². The number of H-pyrrole nitrogens is 1. The average molecular weight is 617 g/mol. The second-order valence-corrected chi connectivity index (χ2v) is 14.9. The first kappa shape index (κ1) is 29.6. The van der Waals surface area contributed by atoms with Crippen molar-refractivity contribution in [3.05, 3.63) is 89.6 Å². The van der Waals surface area contributed by atoms with E-state index in [1.807, 2.05) is 65.1 Å². The highest BCUT2D eigenvalue weighted by atomic mass is 16.7. The number of amides is 1. The zero-order chi connectivity index (χ0) is 32.0. The second kappa shape index (κ2) is 10.4. The molecule has 1 aliphatic heterocycles. The number of nitrogens with one attached hydrogen (secondary N) is 2. The number of aliphatic hydroxyl groups is 1. The maximum atomic E-state index is 13.5. The van der Waals surface area contributed by atoms with Gasteiger partial charge in [0.25, 0.3) is 0 Å². The van der Waals surface area contributed by atoms with E-state index in [4.69, 9.17) is 14.3 Å². The molecule has 3 heterocycles. The van der Waals surface area contributed by atoms with Gasteiger partial charge in [0.2, 0.25) is 5.91 Å². The Morgan fingerprint density at radius 2 is 1.70 bits per heavy atom. The summed E-state index contributed by atoms with van der Waals surface area (Å²) in [5.74, 6) is 1.79. The lowest BCUT2D eigenvalue weighted by atomic mass is 9.76. The largest absolute Gasteiger partial charge is 0.494 e. The van der Waals surface area contributed by atoms with Gasteiger partial charge in [-0.05, 0) is 117 Å². The van der Waals surface area contributed by atoms with E-state index < -0.39 is 23.9 Å². The van der Waals surface area contributed by atoms with Crippen molar-refractivity contribution < 1.29 is 19.2 Å². The number of pyridine rings is 1. The maximum Gasteiger partial charge on any atom is 0.494 e. The molecule has 2 aromatic carbocycles. The highest BCUT2D eigenvalue weighted by Gasteiger charge is 2.53. The van der Waals surface area contributed by atoms with Gasteiger partial charge in [-0.15, -0.1) is 0 Å². The van der Waals surface area contributed by atoms with E-state index in [-0.39, 0.29) is 17.7 Å². The normalized spacial score (nSPS) is 28.3. The van der Waals surface area contributed by atoms with Crippen molar-refractivity contribution in [2.24, 2.45) is 17.8 Å². The van der Waals surface area contributed by atoms with Gasteiger partial charge in [0, 0.05) is 24.9 Å². The first-order chi connectivity index (χ1) is 21.9. The van der Waals surface area contributed by atoms with Crippen LogP contribution in [0.3, 0.4) is 0 Å². The van der Waals surface area contributed by atoms with Gasteiger partial charge < -0.3 is 24.7 Å². The molecule has 4 unspecified atom stereocenters. The molecule has 2 bridgehead atoms. The smallest absolute Gasteiger partial charge is 0.399 e. The van der Waals surface area contributed by atoms with Crippen LogP contribution in [-0.2, 0) is 26.2 Å². The Hall–Kier alpha value is -3.79. The van der Waals surface area contributed by atoms with Crippen LogP contribution < -0.4 is 10.8 Å². The summed E-state index contributed by atoms with van der Waals surface area (Å²) >= 11 is 0. The lowest BCUT2D eigenvalue weighted by Crippen LogP contribution is -2.41. The Morgan fingerprint density at radius 1 is 0.978 bits per heavy atom. The van der Waals surface area contributed by atoms with Crippen molar-refractivity contribution in [2.75, 3.05) is 0 Å². The highest BCUT2D eigenvalue weighted by molar-refractivity contribution is 6.62. The molecule has 3 N–H and O–H groups in total. The number of fused-ring (bicyclic) bond motifs is 5. The molecule has 3 aliphatic carbocycles. The molecule has 236 valence electrons. The Bertz CT molecular complexity index is 1820. The molecule has 0 spiro atoms. The summed E-state index contributed by atoms with van der Waals surface area (Å²) in [6.07, 6.45) is 8.70. The van der Waals surface area contributed by atoms with Crippen LogP contribution in [0.15, 0.2) is 67.1 Å². The Balaban J connectivity index is 1.05. The standard InChI is InChI=1S/C37H41BN4O4/c1-35(2)36(3,4)46-38(45-35)25-11-13-27-26-12-10-22(16-28(26)37(5,44)29(27)17-25)30-20-40-33(42-30)31-23-8-9-24(15-23)32(31)34(43)41-19-21-7-6-14-39-18-21/h6-7,10-14,16-18,20,23-24,31-32,44H,8-9,15,19H2,1-5H3,(H,40,42)(H,41,43)/t23?,24?,31?,32-,37?/m1/s1. The molecular weight excluding hydrogens is 575 g/mol. The van der Waals surface area contributed by atoms with Gasteiger partial charge in [-0.25, -0.2) is 4.98 Å². The first-order valence-electron chi connectivity index (χ1n) is 16.5. The van der Waals surface area contributed by atoms with E-state index in [1.165, 1.54) is 0 Å². The molecule has 9 heteroatoms. The molecule has 46 heavy (non-hydrogen) atoms. The van der Waals surface area contributed by atoms with Gasteiger partial charge in [0.1, 0.15) is 11.4 Å². The second-order valence-electron chi connectivity index (χ2n) is 14.9. The molecule has 1 amide bonds. The fraction of sp³-hybridized carbons (Fsp3) is 0.432. The van der Waals surface area contributed by atoms with E-state index in [2.05, 4.69) is 39.6 Å². The molecule has 1 saturated heterocycles. The Labute approximate surface area is 270 Å². The van der Waals surface area contributed by atoms with Crippen molar-refractivity contribution in [2.45, 2.75) is 83.1 Å². The van der Waals surface area contributed by atoms with Gasteiger partial charge in [-0.3, -0.25) is 9.78 Å². The van der Waals surface area contributed by atoms with Crippen LogP contribution in [0.5, 0.6) is 0 Å². The molecule has 3 fully saturated rings. The number of aromatic amines is 1. The number of imidazole rings is 1. The van der Waals surface area contributed by atoms with Crippen molar-refractivity contribution in [1.82, 2.24) is 20.3 Å². The number of aromatic nitrogens is 3. The quantitative estimate of drug-likeness (QED) is 0.249. The van der Waals surface area contributed by atoms with Crippen molar-refractivity contribution in [1.29, 1.82) is 0 Å².